The Bertz CT molecular complexity index is 1080. The van der Waals surface area contributed by atoms with Crippen molar-refractivity contribution < 1.29 is 19.1 Å². The highest BCUT2D eigenvalue weighted by molar-refractivity contribution is 7.17. The molecule has 0 unspecified atom stereocenters. The molecule has 3 rings (SSSR count). The van der Waals surface area contributed by atoms with Gasteiger partial charge in [0, 0.05) is 16.1 Å². The van der Waals surface area contributed by atoms with E-state index in [1.807, 2.05) is 6.92 Å². The van der Waals surface area contributed by atoms with E-state index in [4.69, 9.17) is 16.3 Å². The predicted molar refractivity (Wildman–Crippen MR) is 114 cm³/mol. The zero-order valence-electron chi connectivity index (χ0n) is 16.2. The molecule has 7 nitrogen and oxygen atoms in total. The maximum Gasteiger partial charge on any atom is 0.350 e. The molecule has 2 amide bonds. The average Bonchev–Trinajstić information content (AvgIpc) is 3.13. The van der Waals surface area contributed by atoms with Gasteiger partial charge in [-0.1, -0.05) is 41.4 Å². The third kappa shape index (κ3) is 5.43. The molecule has 0 saturated heterocycles. The van der Waals surface area contributed by atoms with Crippen LogP contribution < -0.4 is 10.9 Å². The summed E-state index contributed by atoms with van der Waals surface area (Å²) in [5.74, 6) is -1.80. The van der Waals surface area contributed by atoms with Crippen LogP contribution in [0.4, 0.5) is 0 Å². The number of halogens is 1. The lowest BCUT2D eigenvalue weighted by Gasteiger charge is -2.08. The fraction of sp³-hybridized carbons (Fsp3) is 0.143. The minimum absolute atomic E-state index is 0.302. The van der Waals surface area contributed by atoms with E-state index < -0.39 is 24.4 Å². The van der Waals surface area contributed by atoms with Crippen molar-refractivity contribution in [3.05, 3.63) is 75.3 Å². The van der Waals surface area contributed by atoms with Gasteiger partial charge >= 0.3 is 5.97 Å². The number of amides is 2. The first-order chi connectivity index (χ1) is 14.3. The summed E-state index contributed by atoms with van der Waals surface area (Å²) in [6.45, 7) is 3.05. The zero-order chi connectivity index (χ0) is 21.7. The van der Waals surface area contributed by atoms with E-state index in [2.05, 4.69) is 15.8 Å². The maximum atomic E-state index is 12.3. The molecule has 2 aromatic carbocycles. The van der Waals surface area contributed by atoms with Crippen molar-refractivity contribution in [1.82, 2.24) is 15.8 Å². The van der Waals surface area contributed by atoms with Crippen LogP contribution in [-0.4, -0.2) is 29.4 Å². The Hall–Kier alpha value is -3.23. The van der Waals surface area contributed by atoms with Crippen molar-refractivity contribution in [2.75, 3.05) is 6.61 Å². The van der Waals surface area contributed by atoms with Crippen LogP contribution in [-0.2, 0) is 9.53 Å². The highest BCUT2D eigenvalue weighted by Crippen LogP contribution is 2.29. The topological polar surface area (TPSA) is 97.4 Å². The van der Waals surface area contributed by atoms with Crippen LogP contribution in [0.15, 0.2) is 48.5 Å². The molecule has 0 radical (unpaired) electrons. The summed E-state index contributed by atoms with van der Waals surface area (Å²) in [5.41, 5.74) is 7.22. The molecule has 1 aromatic heterocycles. The highest BCUT2D eigenvalue weighted by Gasteiger charge is 2.19. The second-order valence-electron chi connectivity index (χ2n) is 6.38. The number of aryl methyl sites for hydroxylation is 2. The van der Waals surface area contributed by atoms with E-state index in [1.54, 1.807) is 55.5 Å². The van der Waals surface area contributed by atoms with Crippen LogP contribution in [0.1, 0.15) is 31.3 Å². The number of ether oxygens (including phenoxy) is 1. The lowest BCUT2D eigenvalue weighted by molar-refractivity contribution is -0.125. The SMILES string of the molecule is Cc1ccc(C(=O)NNC(=O)COC(=O)c2sc(-c3ccc(Cl)cc3)nc2C)cc1. The standard InChI is InChI=1S/C21H18ClN3O4S/c1-12-3-5-14(6-4-12)19(27)25-24-17(26)11-29-21(28)18-13(2)23-20(30-18)15-7-9-16(22)10-8-15/h3-10H,11H2,1-2H3,(H,24,26)(H,25,27). The lowest BCUT2D eigenvalue weighted by atomic mass is 10.1. The normalized spacial score (nSPS) is 10.4. The van der Waals surface area contributed by atoms with E-state index in [-0.39, 0.29) is 0 Å². The Balaban J connectivity index is 1.52. The summed E-state index contributed by atoms with van der Waals surface area (Å²) in [6.07, 6.45) is 0. The van der Waals surface area contributed by atoms with E-state index in [0.29, 0.717) is 26.2 Å². The molecule has 0 fully saturated rings. The second kappa shape index (κ2) is 9.51. The molecule has 0 saturated carbocycles. The van der Waals surface area contributed by atoms with Crippen LogP contribution in [0.5, 0.6) is 0 Å². The minimum Gasteiger partial charge on any atom is -0.451 e. The molecule has 0 aliphatic rings. The Morgan fingerprint density at radius 3 is 2.33 bits per heavy atom. The van der Waals surface area contributed by atoms with Gasteiger partial charge in [-0.2, -0.15) is 0 Å². The summed E-state index contributed by atoms with van der Waals surface area (Å²) in [7, 11) is 0. The minimum atomic E-state index is -0.663. The lowest BCUT2D eigenvalue weighted by Crippen LogP contribution is -2.43. The number of esters is 1. The number of thiazole rings is 1. The van der Waals surface area contributed by atoms with Crippen molar-refractivity contribution in [2.45, 2.75) is 13.8 Å². The third-order valence-electron chi connectivity index (χ3n) is 4.04. The fourth-order valence-electron chi connectivity index (χ4n) is 2.44. The number of carbonyl (C=O) groups excluding carboxylic acids is 3. The van der Waals surface area contributed by atoms with Gasteiger partial charge in [0.1, 0.15) is 9.88 Å². The molecule has 3 aromatic rings. The average molecular weight is 444 g/mol. The van der Waals surface area contributed by atoms with E-state index in [1.165, 1.54) is 0 Å². The summed E-state index contributed by atoms with van der Waals surface area (Å²) in [5, 5.41) is 1.25. The van der Waals surface area contributed by atoms with Gasteiger partial charge in [-0.3, -0.25) is 20.4 Å². The molecule has 0 bridgehead atoms. The van der Waals surface area contributed by atoms with Crippen LogP contribution in [0.3, 0.4) is 0 Å². The highest BCUT2D eigenvalue weighted by atomic mass is 35.5. The number of nitrogens with one attached hydrogen (secondary N) is 2. The van der Waals surface area contributed by atoms with Crippen molar-refractivity contribution in [1.29, 1.82) is 0 Å². The molecule has 0 spiro atoms. The fourth-order valence-corrected chi connectivity index (χ4v) is 3.53. The molecule has 154 valence electrons. The van der Waals surface area contributed by atoms with Crippen molar-refractivity contribution >= 4 is 40.7 Å². The third-order valence-corrected chi connectivity index (χ3v) is 5.48. The van der Waals surface area contributed by atoms with Gasteiger partial charge in [0.05, 0.1) is 5.69 Å². The number of nitrogens with zero attached hydrogens (tertiary/aromatic N) is 1. The number of rotatable bonds is 5. The van der Waals surface area contributed by atoms with Crippen molar-refractivity contribution in [2.24, 2.45) is 0 Å². The molecule has 1 heterocycles. The van der Waals surface area contributed by atoms with Crippen molar-refractivity contribution in [3.63, 3.8) is 0 Å². The van der Waals surface area contributed by atoms with Gasteiger partial charge < -0.3 is 4.74 Å². The monoisotopic (exact) mass is 443 g/mol. The van der Waals surface area contributed by atoms with Gasteiger partial charge in [-0.15, -0.1) is 11.3 Å². The van der Waals surface area contributed by atoms with Gasteiger partial charge in [0.25, 0.3) is 11.8 Å². The van der Waals surface area contributed by atoms with Gasteiger partial charge in [-0.25, -0.2) is 9.78 Å². The number of hydrazine groups is 1. The van der Waals surface area contributed by atoms with E-state index >= 15 is 0 Å². The second-order valence-corrected chi connectivity index (χ2v) is 7.82. The Morgan fingerprint density at radius 1 is 1.00 bits per heavy atom. The number of hydrogen-bond donors (Lipinski definition) is 2. The number of hydrogen-bond acceptors (Lipinski definition) is 6. The molecular formula is C21H18ClN3O4S. The van der Waals surface area contributed by atoms with Crippen LogP contribution in [0.2, 0.25) is 5.02 Å². The molecule has 0 aliphatic carbocycles. The first kappa shape index (κ1) is 21.5. The summed E-state index contributed by atoms with van der Waals surface area (Å²) in [6, 6.07) is 13.9. The first-order valence-electron chi connectivity index (χ1n) is 8.90. The first-order valence-corrected chi connectivity index (χ1v) is 10.1. The van der Waals surface area contributed by atoms with Crippen LogP contribution >= 0.6 is 22.9 Å². The number of benzene rings is 2. The zero-order valence-corrected chi connectivity index (χ0v) is 17.8. The molecule has 0 atom stereocenters. The van der Waals surface area contributed by atoms with Crippen LogP contribution in [0.25, 0.3) is 10.6 Å². The predicted octanol–water partition coefficient (Wildman–Crippen LogP) is 3.70. The Morgan fingerprint density at radius 2 is 1.67 bits per heavy atom. The van der Waals surface area contributed by atoms with Gasteiger partial charge in [0.15, 0.2) is 6.61 Å². The molecule has 9 heteroatoms. The largest absolute Gasteiger partial charge is 0.451 e. The smallest absolute Gasteiger partial charge is 0.350 e. The van der Waals surface area contributed by atoms with E-state index in [9.17, 15) is 14.4 Å². The summed E-state index contributed by atoms with van der Waals surface area (Å²) >= 11 is 7.05. The van der Waals surface area contributed by atoms with Gasteiger partial charge in [0.2, 0.25) is 0 Å². The molecule has 30 heavy (non-hydrogen) atoms. The Labute approximate surface area is 182 Å². The van der Waals surface area contributed by atoms with E-state index in [0.717, 1.165) is 22.5 Å². The number of carbonyl (C=O) groups is 3. The summed E-state index contributed by atoms with van der Waals surface area (Å²) in [4.78, 5) is 40.9. The van der Waals surface area contributed by atoms with Gasteiger partial charge in [-0.05, 0) is 38.1 Å². The summed E-state index contributed by atoms with van der Waals surface area (Å²) < 4.78 is 5.04. The van der Waals surface area contributed by atoms with Crippen molar-refractivity contribution in [3.8, 4) is 10.6 Å². The number of aromatic nitrogens is 1. The quantitative estimate of drug-likeness (QED) is 0.463. The Kier molecular flexibility index (Phi) is 6.81. The van der Waals surface area contributed by atoms with Crippen LogP contribution in [0, 0.1) is 13.8 Å². The maximum absolute atomic E-state index is 12.3. The molecule has 2 N–H and O–H groups in total. The molecule has 0 aliphatic heterocycles. The molecular weight excluding hydrogens is 426 g/mol.